The number of piperazine rings is 1. The fourth-order valence-electron chi connectivity index (χ4n) is 3.81. The summed E-state index contributed by atoms with van der Waals surface area (Å²) in [6.07, 6.45) is 0. The van der Waals surface area contributed by atoms with Crippen molar-refractivity contribution in [2.75, 3.05) is 56.7 Å². The van der Waals surface area contributed by atoms with E-state index < -0.39 is 10.8 Å². The second-order valence-corrected chi connectivity index (χ2v) is 8.72. The Bertz CT molecular complexity index is 1160. The van der Waals surface area contributed by atoms with Crippen LogP contribution in [-0.4, -0.2) is 67.2 Å². The molecule has 0 radical (unpaired) electrons. The third kappa shape index (κ3) is 3.92. The summed E-state index contributed by atoms with van der Waals surface area (Å²) in [5.41, 5.74) is 1.35. The van der Waals surface area contributed by atoms with Gasteiger partial charge in [-0.3, -0.25) is 20.2 Å². The third-order valence-corrected chi connectivity index (χ3v) is 6.48. The molecule has 1 amide bonds. The maximum absolute atomic E-state index is 12.8. The van der Waals surface area contributed by atoms with Gasteiger partial charge in [-0.25, -0.2) is 4.98 Å². The molecule has 5 rings (SSSR count). The van der Waals surface area contributed by atoms with Crippen molar-refractivity contribution < 1.29 is 19.2 Å². The van der Waals surface area contributed by atoms with Crippen LogP contribution >= 0.6 is 11.3 Å². The highest BCUT2D eigenvalue weighted by atomic mass is 32.1. The number of nitro benzene ring substituents is 1. The Labute approximate surface area is 187 Å². The number of nitrogens with one attached hydrogen (secondary N) is 1. The number of amides is 1. The quantitative estimate of drug-likeness (QED) is 0.472. The molecule has 1 aromatic heterocycles. The van der Waals surface area contributed by atoms with Crippen molar-refractivity contribution in [2.45, 2.75) is 0 Å². The Morgan fingerprint density at radius 3 is 2.56 bits per heavy atom. The van der Waals surface area contributed by atoms with Crippen LogP contribution in [0.15, 0.2) is 30.3 Å². The molecule has 0 saturated carbocycles. The van der Waals surface area contributed by atoms with Crippen LogP contribution in [0.4, 0.5) is 16.5 Å². The maximum atomic E-state index is 12.8. The first-order valence-electron chi connectivity index (χ1n) is 10.2. The van der Waals surface area contributed by atoms with Crippen LogP contribution in [0.25, 0.3) is 10.2 Å². The molecule has 1 fully saturated rings. The highest BCUT2D eigenvalue weighted by molar-refractivity contribution is 7.22. The number of thiazole rings is 1. The van der Waals surface area contributed by atoms with Gasteiger partial charge in [0.15, 0.2) is 16.6 Å². The summed E-state index contributed by atoms with van der Waals surface area (Å²) in [6.45, 7) is 4.03. The maximum Gasteiger partial charge on any atom is 0.293 e. The van der Waals surface area contributed by atoms with E-state index in [0.717, 1.165) is 17.8 Å². The molecular formula is C21H21N5O5S. The van der Waals surface area contributed by atoms with E-state index in [1.807, 2.05) is 18.0 Å². The number of nitrogens with zero attached hydrogens (tertiary/aromatic N) is 4. The normalized spacial score (nSPS) is 16.2. The molecule has 10 nitrogen and oxygen atoms in total. The number of nitro groups is 1. The lowest BCUT2D eigenvalue weighted by Crippen LogP contribution is -2.44. The Hall–Kier alpha value is -3.44. The van der Waals surface area contributed by atoms with Crippen molar-refractivity contribution in [3.8, 4) is 11.5 Å². The number of carbonyl (C=O) groups is 1. The molecule has 1 saturated heterocycles. The molecule has 0 spiro atoms. The van der Waals surface area contributed by atoms with Crippen LogP contribution in [0, 0.1) is 10.1 Å². The monoisotopic (exact) mass is 455 g/mol. The first-order chi connectivity index (χ1) is 15.5. The van der Waals surface area contributed by atoms with Gasteiger partial charge in [-0.1, -0.05) is 11.3 Å². The Kier molecular flexibility index (Phi) is 5.27. The zero-order valence-corrected chi connectivity index (χ0v) is 18.2. The zero-order chi connectivity index (χ0) is 22.2. The molecule has 0 bridgehead atoms. The summed E-state index contributed by atoms with van der Waals surface area (Å²) in [5, 5.41) is 14.9. The van der Waals surface area contributed by atoms with E-state index >= 15 is 0 Å². The van der Waals surface area contributed by atoms with Crippen molar-refractivity contribution in [1.29, 1.82) is 0 Å². The minimum atomic E-state index is -0.450. The average molecular weight is 455 g/mol. The van der Waals surface area contributed by atoms with E-state index in [1.54, 1.807) is 18.2 Å². The zero-order valence-electron chi connectivity index (χ0n) is 17.4. The van der Waals surface area contributed by atoms with Gasteiger partial charge in [0.2, 0.25) is 0 Å². The molecular weight excluding hydrogens is 434 g/mol. The van der Waals surface area contributed by atoms with Gasteiger partial charge in [-0.2, -0.15) is 0 Å². The second-order valence-electron chi connectivity index (χ2n) is 7.69. The molecule has 0 atom stereocenters. The van der Waals surface area contributed by atoms with Crippen molar-refractivity contribution in [2.24, 2.45) is 0 Å². The molecule has 3 aromatic rings. The van der Waals surface area contributed by atoms with E-state index in [4.69, 9.17) is 9.47 Å². The van der Waals surface area contributed by atoms with Gasteiger partial charge >= 0.3 is 0 Å². The molecule has 1 N–H and O–H groups in total. The molecule has 0 aliphatic carbocycles. The number of fused-ring (bicyclic) bond motifs is 2. The van der Waals surface area contributed by atoms with E-state index in [0.29, 0.717) is 54.1 Å². The van der Waals surface area contributed by atoms with Crippen LogP contribution < -0.4 is 19.7 Å². The third-order valence-electron chi connectivity index (χ3n) is 5.55. The summed E-state index contributed by atoms with van der Waals surface area (Å²) < 4.78 is 12.0. The highest BCUT2D eigenvalue weighted by Gasteiger charge is 2.25. The van der Waals surface area contributed by atoms with Gasteiger partial charge in [0, 0.05) is 49.9 Å². The van der Waals surface area contributed by atoms with Crippen molar-refractivity contribution in [3.05, 3.63) is 46.0 Å². The van der Waals surface area contributed by atoms with Gasteiger partial charge in [-0.15, -0.1) is 0 Å². The number of anilines is 2. The number of likely N-dealkylation sites (N-methyl/N-ethyl adjacent to an activating group) is 1. The summed E-state index contributed by atoms with van der Waals surface area (Å²) in [6, 6.07) is 8.22. The predicted molar refractivity (Wildman–Crippen MR) is 121 cm³/mol. The number of benzene rings is 2. The predicted octanol–water partition coefficient (Wildman–Crippen LogP) is 2.98. The molecule has 32 heavy (non-hydrogen) atoms. The fraction of sp³-hybridized carbons (Fsp3) is 0.333. The summed E-state index contributed by atoms with van der Waals surface area (Å²) in [5.74, 6) is 0.830. The largest absolute Gasteiger partial charge is 0.486 e. The minimum absolute atomic E-state index is 0.0755. The standard InChI is InChI=1S/C21H21N5O5S/c1-24-4-6-25(7-5-24)15-3-2-13(10-16(15)26(28)29)20(27)23-21-22-14-11-17-18(12-19(14)32-21)31-9-8-30-17/h2-3,10-12H,4-9H2,1H3,(H,22,23,27). The number of hydrogen-bond donors (Lipinski definition) is 1. The van der Waals surface area contributed by atoms with Crippen LogP contribution in [0.1, 0.15) is 10.4 Å². The lowest BCUT2D eigenvalue weighted by atomic mass is 10.1. The number of rotatable bonds is 4. The Balaban J connectivity index is 1.38. The van der Waals surface area contributed by atoms with Crippen LogP contribution in [0.3, 0.4) is 0 Å². The van der Waals surface area contributed by atoms with Crippen LogP contribution in [0.5, 0.6) is 11.5 Å². The number of hydrogen-bond acceptors (Lipinski definition) is 9. The second kappa shape index (κ2) is 8.24. The molecule has 11 heteroatoms. The number of aromatic nitrogens is 1. The first kappa shape index (κ1) is 20.5. The highest BCUT2D eigenvalue weighted by Crippen LogP contribution is 2.38. The molecule has 166 valence electrons. The van der Waals surface area contributed by atoms with Crippen molar-refractivity contribution in [3.63, 3.8) is 0 Å². The van der Waals surface area contributed by atoms with Crippen LogP contribution in [-0.2, 0) is 0 Å². The van der Waals surface area contributed by atoms with Gasteiger partial charge in [0.25, 0.3) is 11.6 Å². The summed E-state index contributed by atoms with van der Waals surface area (Å²) >= 11 is 1.30. The fourth-order valence-corrected chi connectivity index (χ4v) is 4.68. The smallest absolute Gasteiger partial charge is 0.293 e. The molecule has 3 heterocycles. The van der Waals surface area contributed by atoms with Crippen molar-refractivity contribution >= 4 is 44.0 Å². The Morgan fingerprint density at radius 2 is 1.84 bits per heavy atom. The summed E-state index contributed by atoms with van der Waals surface area (Å²) in [4.78, 5) is 32.7. The number of carbonyl (C=O) groups excluding carboxylic acids is 1. The molecule has 2 aliphatic heterocycles. The van der Waals surface area contributed by atoms with Gasteiger partial charge in [0.05, 0.1) is 15.1 Å². The topological polar surface area (TPSA) is 110 Å². The number of ether oxygens (including phenoxy) is 2. The lowest BCUT2D eigenvalue weighted by Gasteiger charge is -2.33. The Morgan fingerprint density at radius 1 is 1.12 bits per heavy atom. The van der Waals surface area contributed by atoms with Gasteiger partial charge < -0.3 is 19.3 Å². The average Bonchev–Trinajstić information content (AvgIpc) is 3.18. The SMILES string of the molecule is CN1CCN(c2ccc(C(=O)Nc3nc4cc5c(cc4s3)OCCO5)cc2[N+](=O)[O-])CC1. The van der Waals surface area contributed by atoms with E-state index in [9.17, 15) is 14.9 Å². The van der Waals surface area contributed by atoms with Crippen molar-refractivity contribution in [1.82, 2.24) is 9.88 Å². The molecule has 2 aromatic carbocycles. The van der Waals surface area contributed by atoms with Gasteiger partial charge in [0.1, 0.15) is 18.9 Å². The molecule has 2 aliphatic rings. The summed E-state index contributed by atoms with van der Waals surface area (Å²) in [7, 11) is 2.02. The lowest BCUT2D eigenvalue weighted by molar-refractivity contribution is -0.384. The van der Waals surface area contributed by atoms with Gasteiger partial charge in [-0.05, 0) is 19.2 Å². The van der Waals surface area contributed by atoms with E-state index in [2.05, 4.69) is 15.2 Å². The minimum Gasteiger partial charge on any atom is -0.486 e. The van der Waals surface area contributed by atoms with E-state index in [1.165, 1.54) is 17.4 Å². The molecule has 0 unspecified atom stereocenters. The first-order valence-corrected chi connectivity index (χ1v) is 11.0. The van der Waals surface area contributed by atoms with Crippen LogP contribution in [0.2, 0.25) is 0 Å². The van der Waals surface area contributed by atoms with E-state index in [-0.39, 0.29) is 11.3 Å².